The van der Waals surface area contributed by atoms with Crippen LogP contribution in [0.4, 0.5) is 5.69 Å². The van der Waals surface area contributed by atoms with Crippen LogP contribution in [0.5, 0.6) is 0 Å². The first-order chi connectivity index (χ1) is 13.4. The van der Waals surface area contributed by atoms with E-state index >= 15 is 0 Å². The predicted molar refractivity (Wildman–Crippen MR) is 113 cm³/mol. The number of ketones is 1. The molecular weight excluding hydrogens is 374 g/mol. The largest absolute Gasteiger partial charge is 0.325 e. The van der Waals surface area contributed by atoms with Gasteiger partial charge < -0.3 is 5.32 Å². The van der Waals surface area contributed by atoms with Gasteiger partial charge in [0, 0.05) is 49.0 Å². The molecule has 5 nitrogen and oxygen atoms in total. The smallest absolute Gasteiger partial charge is 0.241 e. The van der Waals surface area contributed by atoms with E-state index in [4.69, 9.17) is 11.6 Å². The Morgan fingerprint density at radius 3 is 2.18 bits per heavy atom. The number of amides is 1. The molecule has 1 saturated heterocycles. The van der Waals surface area contributed by atoms with Gasteiger partial charge in [0.15, 0.2) is 5.78 Å². The molecule has 1 atom stereocenters. The third-order valence-electron chi connectivity index (χ3n) is 5.21. The summed E-state index contributed by atoms with van der Waals surface area (Å²) in [5.74, 6) is -0.00978. The van der Waals surface area contributed by atoms with Gasteiger partial charge in [-0.05, 0) is 55.8 Å². The van der Waals surface area contributed by atoms with Crippen LogP contribution in [0.3, 0.4) is 0 Å². The summed E-state index contributed by atoms with van der Waals surface area (Å²) in [6.07, 6.45) is 0. The number of halogens is 1. The highest BCUT2D eigenvalue weighted by atomic mass is 35.5. The number of carbonyl (C=O) groups excluding carboxylic acids is 2. The van der Waals surface area contributed by atoms with Crippen LogP contribution < -0.4 is 5.32 Å². The molecule has 28 heavy (non-hydrogen) atoms. The number of piperazine rings is 1. The van der Waals surface area contributed by atoms with Crippen LogP contribution in [0, 0.1) is 0 Å². The zero-order chi connectivity index (χ0) is 20.1. The zero-order valence-electron chi connectivity index (χ0n) is 16.3. The maximum absolute atomic E-state index is 12.6. The number of benzene rings is 2. The molecule has 1 aliphatic rings. The third kappa shape index (κ3) is 5.41. The average molecular weight is 400 g/mol. The molecule has 1 heterocycles. The van der Waals surface area contributed by atoms with E-state index in [-0.39, 0.29) is 17.7 Å². The molecule has 0 radical (unpaired) electrons. The van der Waals surface area contributed by atoms with Crippen molar-refractivity contribution in [3.63, 3.8) is 0 Å². The van der Waals surface area contributed by atoms with Gasteiger partial charge in [-0.15, -0.1) is 0 Å². The first kappa shape index (κ1) is 20.5. The summed E-state index contributed by atoms with van der Waals surface area (Å²) in [5, 5.41) is 3.70. The third-order valence-corrected chi connectivity index (χ3v) is 5.46. The Bertz CT molecular complexity index is 813. The van der Waals surface area contributed by atoms with Gasteiger partial charge in [-0.2, -0.15) is 0 Å². The molecular formula is C22H26ClN3O2. The number of anilines is 1. The SMILES string of the molecule is CC(=O)c1ccc(NC(=O)C(C)N2CCN(Cc3ccc(Cl)cc3)CC2)cc1. The zero-order valence-corrected chi connectivity index (χ0v) is 17.1. The Hall–Kier alpha value is -2.21. The van der Waals surface area contributed by atoms with Gasteiger partial charge in [-0.25, -0.2) is 0 Å². The van der Waals surface area contributed by atoms with Gasteiger partial charge in [0.2, 0.25) is 5.91 Å². The second-order valence-corrected chi connectivity index (χ2v) is 7.67. The molecule has 0 aliphatic carbocycles. The van der Waals surface area contributed by atoms with Crippen LogP contribution in [0.1, 0.15) is 29.8 Å². The Balaban J connectivity index is 1.48. The number of hydrogen-bond donors (Lipinski definition) is 1. The summed E-state index contributed by atoms with van der Waals surface area (Å²) in [4.78, 5) is 28.5. The normalized spacial score (nSPS) is 16.5. The van der Waals surface area contributed by atoms with E-state index in [9.17, 15) is 9.59 Å². The molecule has 2 aromatic rings. The van der Waals surface area contributed by atoms with Crippen molar-refractivity contribution in [2.24, 2.45) is 0 Å². The quantitative estimate of drug-likeness (QED) is 0.753. The van der Waals surface area contributed by atoms with Crippen LogP contribution in [0.15, 0.2) is 48.5 Å². The second-order valence-electron chi connectivity index (χ2n) is 7.24. The summed E-state index contributed by atoms with van der Waals surface area (Å²) in [5.41, 5.74) is 2.60. The van der Waals surface area contributed by atoms with Gasteiger partial charge in [-0.1, -0.05) is 23.7 Å². The molecule has 0 bridgehead atoms. The van der Waals surface area contributed by atoms with Crippen molar-refractivity contribution in [1.29, 1.82) is 0 Å². The highest BCUT2D eigenvalue weighted by Gasteiger charge is 2.25. The van der Waals surface area contributed by atoms with Crippen molar-refractivity contribution in [3.05, 3.63) is 64.7 Å². The van der Waals surface area contributed by atoms with E-state index in [0.29, 0.717) is 11.3 Å². The number of nitrogens with one attached hydrogen (secondary N) is 1. The van der Waals surface area contributed by atoms with Crippen molar-refractivity contribution < 1.29 is 9.59 Å². The summed E-state index contributed by atoms with van der Waals surface area (Å²) in [6, 6.07) is 14.8. The second kappa shape index (κ2) is 9.32. The van der Waals surface area contributed by atoms with Crippen molar-refractivity contribution in [2.45, 2.75) is 26.4 Å². The minimum absolute atomic E-state index is 0.0164. The fourth-order valence-corrected chi connectivity index (χ4v) is 3.48. The van der Waals surface area contributed by atoms with Crippen molar-refractivity contribution >= 4 is 29.0 Å². The molecule has 3 rings (SSSR count). The molecule has 1 aliphatic heterocycles. The van der Waals surface area contributed by atoms with Crippen LogP contribution in [0.25, 0.3) is 0 Å². The topological polar surface area (TPSA) is 52.7 Å². The van der Waals surface area contributed by atoms with Crippen LogP contribution in [-0.2, 0) is 11.3 Å². The number of rotatable bonds is 6. The lowest BCUT2D eigenvalue weighted by Gasteiger charge is -2.37. The summed E-state index contributed by atoms with van der Waals surface area (Å²) < 4.78 is 0. The molecule has 148 valence electrons. The number of nitrogens with zero attached hydrogens (tertiary/aromatic N) is 2. The minimum Gasteiger partial charge on any atom is -0.325 e. The van der Waals surface area contributed by atoms with Crippen LogP contribution in [0.2, 0.25) is 5.02 Å². The van der Waals surface area contributed by atoms with Crippen LogP contribution >= 0.6 is 11.6 Å². The van der Waals surface area contributed by atoms with Crippen molar-refractivity contribution in [1.82, 2.24) is 9.80 Å². The van der Waals surface area contributed by atoms with Crippen LogP contribution in [-0.4, -0.2) is 53.7 Å². The highest BCUT2D eigenvalue weighted by Crippen LogP contribution is 2.15. The summed E-state index contributed by atoms with van der Waals surface area (Å²) in [6.45, 7) is 7.92. The van der Waals surface area contributed by atoms with Gasteiger partial charge in [0.1, 0.15) is 0 Å². The first-order valence-electron chi connectivity index (χ1n) is 9.55. The lowest BCUT2D eigenvalue weighted by Crippen LogP contribution is -2.52. The Kier molecular flexibility index (Phi) is 6.83. The van der Waals surface area contributed by atoms with Crippen molar-refractivity contribution in [3.8, 4) is 0 Å². The summed E-state index contributed by atoms with van der Waals surface area (Å²) >= 11 is 5.94. The Morgan fingerprint density at radius 2 is 1.61 bits per heavy atom. The maximum atomic E-state index is 12.6. The fraction of sp³-hybridized carbons (Fsp3) is 0.364. The van der Waals surface area contributed by atoms with E-state index in [1.807, 2.05) is 19.1 Å². The maximum Gasteiger partial charge on any atom is 0.241 e. The van der Waals surface area contributed by atoms with Gasteiger partial charge >= 0.3 is 0 Å². The number of Topliss-reactive ketones (excluding diaryl/α,β-unsaturated/α-hetero) is 1. The van der Waals surface area contributed by atoms with E-state index in [2.05, 4.69) is 27.2 Å². The summed E-state index contributed by atoms with van der Waals surface area (Å²) in [7, 11) is 0. The molecule has 6 heteroatoms. The lowest BCUT2D eigenvalue weighted by atomic mass is 10.1. The van der Waals surface area contributed by atoms with Gasteiger partial charge in [0.05, 0.1) is 6.04 Å². The molecule has 2 aromatic carbocycles. The predicted octanol–water partition coefficient (Wildman–Crippen LogP) is 3.69. The van der Waals surface area contributed by atoms with E-state index in [0.717, 1.165) is 37.7 Å². The molecule has 1 unspecified atom stereocenters. The van der Waals surface area contributed by atoms with Gasteiger partial charge in [0.25, 0.3) is 0 Å². The van der Waals surface area contributed by atoms with E-state index < -0.39 is 0 Å². The van der Waals surface area contributed by atoms with Crippen molar-refractivity contribution in [2.75, 3.05) is 31.5 Å². The molecule has 1 amide bonds. The number of carbonyl (C=O) groups is 2. The molecule has 0 spiro atoms. The average Bonchev–Trinajstić information content (AvgIpc) is 2.70. The standard InChI is InChI=1S/C22H26ClN3O2/c1-16(22(28)24-21-9-5-19(6-10-21)17(2)27)26-13-11-25(12-14-26)15-18-3-7-20(23)8-4-18/h3-10,16H,11-15H2,1-2H3,(H,24,28). The van der Waals surface area contributed by atoms with E-state index in [1.165, 1.54) is 12.5 Å². The molecule has 1 N–H and O–H groups in total. The Morgan fingerprint density at radius 1 is 1.00 bits per heavy atom. The fourth-order valence-electron chi connectivity index (χ4n) is 3.36. The monoisotopic (exact) mass is 399 g/mol. The minimum atomic E-state index is -0.204. The lowest BCUT2D eigenvalue weighted by molar-refractivity contribution is -0.121. The first-order valence-corrected chi connectivity index (χ1v) is 9.93. The molecule has 1 fully saturated rings. The molecule has 0 saturated carbocycles. The van der Waals surface area contributed by atoms with Gasteiger partial charge in [-0.3, -0.25) is 19.4 Å². The van der Waals surface area contributed by atoms with E-state index in [1.54, 1.807) is 24.3 Å². The molecule has 0 aromatic heterocycles. The number of hydrogen-bond acceptors (Lipinski definition) is 4. The Labute approximate surface area is 171 Å². The highest BCUT2D eigenvalue weighted by molar-refractivity contribution is 6.30.